The van der Waals surface area contributed by atoms with Crippen molar-refractivity contribution in [3.8, 4) is 0 Å². The van der Waals surface area contributed by atoms with E-state index in [2.05, 4.69) is 25.8 Å². The molecule has 118 valence electrons. The largest absolute Gasteiger partial charge is 0.390 e. The van der Waals surface area contributed by atoms with Gasteiger partial charge in [-0.2, -0.15) is 5.10 Å². The number of benzene rings is 1. The first kappa shape index (κ1) is 15.0. The highest BCUT2D eigenvalue weighted by molar-refractivity contribution is 5.91. The van der Waals surface area contributed by atoms with Gasteiger partial charge in [-0.05, 0) is 12.5 Å². The number of hydrogen-bond donors (Lipinski definition) is 4. The van der Waals surface area contributed by atoms with E-state index >= 15 is 0 Å². The Labute approximate surface area is 132 Å². The number of aliphatic hydroxyl groups is 1. The van der Waals surface area contributed by atoms with Gasteiger partial charge in [0, 0.05) is 17.6 Å². The number of nitrogens with zero attached hydrogens (tertiary/aromatic N) is 2. The molecular formula is C16H17N5O2. The molecule has 0 saturated heterocycles. The van der Waals surface area contributed by atoms with Crippen molar-refractivity contribution in [3.63, 3.8) is 0 Å². The highest BCUT2D eigenvalue weighted by atomic mass is 16.3. The van der Waals surface area contributed by atoms with E-state index in [1.807, 2.05) is 37.3 Å². The van der Waals surface area contributed by atoms with Crippen LogP contribution >= 0.6 is 0 Å². The summed E-state index contributed by atoms with van der Waals surface area (Å²) in [4.78, 5) is 16.2. The Bertz CT molecular complexity index is 816. The van der Waals surface area contributed by atoms with Crippen LogP contribution < -0.4 is 10.6 Å². The van der Waals surface area contributed by atoms with Gasteiger partial charge in [-0.15, -0.1) is 0 Å². The Morgan fingerprint density at radius 3 is 2.87 bits per heavy atom. The first-order valence-electron chi connectivity index (χ1n) is 7.23. The molecule has 3 rings (SSSR count). The molecule has 0 bridgehead atoms. The summed E-state index contributed by atoms with van der Waals surface area (Å²) >= 11 is 0. The molecular weight excluding hydrogens is 294 g/mol. The molecule has 4 N–H and O–H groups in total. The molecule has 7 nitrogen and oxygen atoms in total. The quantitative estimate of drug-likeness (QED) is 0.593. The Morgan fingerprint density at radius 2 is 2.13 bits per heavy atom. The van der Waals surface area contributed by atoms with E-state index in [0.717, 1.165) is 10.9 Å². The number of aromatic amines is 1. The van der Waals surface area contributed by atoms with Crippen LogP contribution in [0.15, 0.2) is 42.6 Å². The molecule has 0 aliphatic carbocycles. The molecule has 0 aliphatic rings. The van der Waals surface area contributed by atoms with Gasteiger partial charge in [0.2, 0.25) is 0 Å². The van der Waals surface area contributed by atoms with Gasteiger partial charge < -0.3 is 10.4 Å². The van der Waals surface area contributed by atoms with Gasteiger partial charge in [-0.1, -0.05) is 30.3 Å². The summed E-state index contributed by atoms with van der Waals surface area (Å²) in [5.41, 5.74) is 2.25. The van der Waals surface area contributed by atoms with Gasteiger partial charge in [0.25, 0.3) is 0 Å². The van der Waals surface area contributed by atoms with E-state index < -0.39 is 0 Å². The second-order valence-corrected chi connectivity index (χ2v) is 5.18. The van der Waals surface area contributed by atoms with Crippen molar-refractivity contribution in [3.05, 3.63) is 53.9 Å². The lowest BCUT2D eigenvalue weighted by Crippen LogP contribution is -2.31. The Kier molecular flexibility index (Phi) is 4.20. The normalized spacial score (nSPS) is 12.1. The second-order valence-electron chi connectivity index (χ2n) is 5.18. The third-order valence-corrected chi connectivity index (χ3v) is 3.57. The first-order chi connectivity index (χ1) is 11.2. The highest BCUT2D eigenvalue weighted by Gasteiger charge is 2.11. The average Bonchev–Trinajstić information content (AvgIpc) is 2.97. The van der Waals surface area contributed by atoms with Crippen molar-refractivity contribution in [2.75, 3.05) is 5.32 Å². The fourth-order valence-corrected chi connectivity index (χ4v) is 2.32. The van der Waals surface area contributed by atoms with Crippen molar-refractivity contribution in [1.82, 2.24) is 20.5 Å². The van der Waals surface area contributed by atoms with E-state index in [4.69, 9.17) is 5.11 Å². The number of aromatic nitrogens is 3. The van der Waals surface area contributed by atoms with Gasteiger partial charge in [0.15, 0.2) is 0 Å². The van der Waals surface area contributed by atoms with E-state index in [0.29, 0.717) is 17.0 Å². The predicted molar refractivity (Wildman–Crippen MR) is 86.8 cm³/mol. The molecule has 2 amide bonds. The molecule has 0 spiro atoms. The van der Waals surface area contributed by atoms with Crippen molar-refractivity contribution in [1.29, 1.82) is 0 Å². The van der Waals surface area contributed by atoms with E-state index in [9.17, 15) is 4.79 Å². The maximum Gasteiger partial charge on any atom is 0.320 e. The number of anilines is 1. The van der Waals surface area contributed by atoms with Crippen LogP contribution in [0.25, 0.3) is 10.9 Å². The van der Waals surface area contributed by atoms with Gasteiger partial charge in [0.05, 0.1) is 23.9 Å². The van der Waals surface area contributed by atoms with Crippen molar-refractivity contribution < 1.29 is 9.90 Å². The van der Waals surface area contributed by atoms with E-state index in [-0.39, 0.29) is 18.7 Å². The third-order valence-electron chi connectivity index (χ3n) is 3.57. The van der Waals surface area contributed by atoms with Crippen LogP contribution in [0.4, 0.5) is 10.6 Å². The molecule has 0 radical (unpaired) electrons. The number of hydrogen-bond acceptors (Lipinski definition) is 4. The van der Waals surface area contributed by atoms with Crippen molar-refractivity contribution >= 4 is 22.8 Å². The summed E-state index contributed by atoms with van der Waals surface area (Å²) in [7, 11) is 0. The fraction of sp³-hybridized carbons (Fsp3) is 0.188. The number of amides is 2. The lowest BCUT2D eigenvalue weighted by molar-refractivity contribution is 0.249. The Hall–Kier alpha value is -2.93. The summed E-state index contributed by atoms with van der Waals surface area (Å²) < 4.78 is 0. The molecule has 3 aromatic rings. The van der Waals surface area contributed by atoms with E-state index in [1.54, 1.807) is 12.3 Å². The van der Waals surface area contributed by atoms with Gasteiger partial charge in [-0.25, -0.2) is 9.78 Å². The van der Waals surface area contributed by atoms with Crippen molar-refractivity contribution in [2.45, 2.75) is 19.6 Å². The lowest BCUT2D eigenvalue weighted by Gasteiger charge is -2.14. The standard InChI is InChI=1S/C16H17N5O2/c1-10(11-5-3-2-4-6-11)18-16(23)19-15-7-13-12(8-17-15)14(9-22)21-20-13/h2-8,10,22H,9H2,1H3,(H,20,21)(H2,17,18,19,23)/t10-/m1/s1. The number of nitrogens with one attached hydrogen (secondary N) is 3. The number of urea groups is 1. The number of carbonyl (C=O) groups is 1. The molecule has 0 unspecified atom stereocenters. The summed E-state index contributed by atoms with van der Waals surface area (Å²) in [6.45, 7) is 1.77. The predicted octanol–water partition coefficient (Wildman–Crippen LogP) is 2.33. The summed E-state index contributed by atoms with van der Waals surface area (Å²) in [6.07, 6.45) is 1.57. The SMILES string of the molecule is C[C@@H](NC(=O)Nc1cc2n[nH]c(CO)c2cn1)c1ccccc1. The topological polar surface area (TPSA) is 103 Å². The zero-order valence-electron chi connectivity index (χ0n) is 12.6. The molecule has 7 heteroatoms. The third kappa shape index (κ3) is 3.29. The average molecular weight is 311 g/mol. The zero-order chi connectivity index (χ0) is 16.2. The van der Waals surface area contributed by atoms with Crippen LogP contribution in [0, 0.1) is 0 Å². The molecule has 23 heavy (non-hydrogen) atoms. The van der Waals surface area contributed by atoms with Crippen LogP contribution in [-0.2, 0) is 6.61 Å². The monoisotopic (exact) mass is 311 g/mol. The maximum atomic E-state index is 12.1. The molecule has 0 saturated carbocycles. The first-order valence-corrected chi connectivity index (χ1v) is 7.23. The van der Waals surface area contributed by atoms with Crippen LogP contribution in [0.2, 0.25) is 0 Å². The van der Waals surface area contributed by atoms with E-state index in [1.165, 1.54) is 0 Å². The van der Waals surface area contributed by atoms with Gasteiger partial charge in [-0.3, -0.25) is 10.4 Å². The minimum atomic E-state index is -0.342. The molecule has 2 aromatic heterocycles. The smallest absolute Gasteiger partial charge is 0.320 e. The number of aliphatic hydroxyl groups excluding tert-OH is 1. The van der Waals surface area contributed by atoms with Crippen LogP contribution in [0.3, 0.4) is 0 Å². The lowest BCUT2D eigenvalue weighted by atomic mass is 10.1. The summed E-state index contributed by atoms with van der Waals surface area (Å²) in [5.74, 6) is 0.395. The maximum absolute atomic E-state index is 12.1. The number of pyridine rings is 1. The zero-order valence-corrected chi connectivity index (χ0v) is 12.6. The number of H-pyrrole nitrogens is 1. The summed E-state index contributed by atoms with van der Waals surface area (Å²) in [6, 6.07) is 10.9. The molecule has 0 fully saturated rings. The van der Waals surface area contributed by atoms with Gasteiger partial charge >= 0.3 is 6.03 Å². The number of rotatable bonds is 4. The fourth-order valence-electron chi connectivity index (χ4n) is 2.32. The summed E-state index contributed by atoms with van der Waals surface area (Å²) in [5, 5.41) is 22.2. The highest BCUT2D eigenvalue weighted by Crippen LogP contribution is 2.18. The van der Waals surface area contributed by atoms with Gasteiger partial charge in [0.1, 0.15) is 5.82 Å². The molecule has 1 atom stereocenters. The minimum absolute atomic E-state index is 0.119. The Morgan fingerprint density at radius 1 is 1.35 bits per heavy atom. The molecule has 1 aromatic carbocycles. The number of fused-ring (bicyclic) bond motifs is 1. The second kappa shape index (κ2) is 6.45. The van der Waals surface area contributed by atoms with Crippen molar-refractivity contribution in [2.24, 2.45) is 0 Å². The van der Waals surface area contributed by atoms with Crippen LogP contribution in [0.5, 0.6) is 0 Å². The minimum Gasteiger partial charge on any atom is -0.390 e. The molecule has 0 aliphatic heterocycles. The van der Waals surface area contributed by atoms with Crippen LogP contribution in [0.1, 0.15) is 24.2 Å². The number of carbonyl (C=O) groups excluding carboxylic acids is 1. The molecule has 2 heterocycles. The van der Waals surface area contributed by atoms with Crippen LogP contribution in [-0.4, -0.2) is 26.3 Å². The Balaban J connectivity index is 1.68.